The molecule has 1 heterocycles. The zero-order valence-corrected chi connectivity index (χ0v) is 12.3. The number of ether oxygens (including phenoxy) is 3. The standard InChI is InChI=1S/C13H18N2O4.ClH/c1-15(13(16)10(14)7-17-2)6-9-3-4-11-12(5-9)19-8-18-11;/h3-5,10H,6-8,14H2,1-2H3;1H. The summed E-state index contributed by atoms with van der Waals surface area (Å²) in [5, 5.41) is 0. The Kier molecular flexibility index (Phi) is 6.06. The van der Waals surface area contributed by atoms with Gasteiger partial charge in [0.25, 0.3) is 0 Å². The van der Waals surface area contributed by atoms with E-state index in [1.54, 1.807) is 11.9 Å². The lowest BCUT2D eigenvalue weighted by molar-refractivity contribution is -0.132. The molecule has 0 aliphatic carbocycles. The van der Waals surface area contributed by atoms with Crippen molar-refractivity contribution in [2.75, 3.05) is 27.6 Å². The zero-order chi connectivity index (χ0) is 13.8. The SMILES string of the molecule is COCC(N)C(=O)N(C)Cc1ccc2c(c1)OCO2.Cl. The average Bonchev–Trinajstić information content (AvgIpc) is 2.85. The first-order valence-corrected chi connectivity index (χ1v) is 6.00. The lowest BCUT2D eigenvalue weighted by Crippen LogP contribution is -2.44. The first kappa shape index (κ1) is 16.6. The molecule has 0 fully saturated rings. The van der Waals surface area contributed by atoms with E-state index < -0.39 is 6.04 Å². The predicted molar refractivity (Wildman–Crippen MR) is 76.1 cm³/mol. The van der Waals surface area contributed by atoms with Crippen molar-refractivity contribution in [1.82, 2.24) is 4.90 Å². The van der Waals surface area contributed by atoms with Crippen molar-refractivity contribution in [2.45, 2.75) is 12.6 Å². The number of amides is 1. The van der Waals surface area contributed by atoms with Crippen LogP contribution in [-0.4, -0.2) is 44.4 Å². The van der Waals surface area contributed by atoms with Crippen molar-refractivity contribution in [1.29, 1.82) is 0 Å². The van der Waals surface area contributed by atoms with Crippen LogP contribution in [0.2, 0.25) is 0 Å². The summed E-state index contributed by atoms with van der Waals surface area (Å²) in [5.74, 6) is 1.29. The largest absolute Gasteiger partial charge is 0.454 e. The van der Waals surface area contributed by atoms with Crippen LogP contribution in [0.4, 0.5) is 0 Å². The molecule has 1 aromatic carbocycles. The van der Waals surface area contributed by atoms with Crippen LogP contribution in [0.5, 0.6) is 11.5 Å². The second kappa shape index (κ2) is 7.33. The summed E-state index contributed by atoms with van der Waals surface area (Å²) >= 11 is 0. The molecule has 1 aromatic rings. The highest BCUT2D eigenvalue weighted by atomic mass is 35.5. The monoisotopic (exact) mass is 302 g/mol. The summed E-state index contributed by atoms with van der Waals surface area (Å²) < 4.78 is 15.4. The van der Waals surface area contributed by atoms with E-state index in [4.69, 9.17) is 19.9 Å². The maximum absolute atomic E-state index is 11.9. The second-order valence-electron chi connectivity index (χ2n) is 4.44. The van der Waals surface area contributed by atoms with Gasteiger partial charge in [-0.05, 0) is 17.7 Å². The van der Waals surface area contributed by atoms with Crippen LogP contribution < -0.4 is 15.2 Å². The van der Waals surface area contributed by atoms with Crippen molar-refractivity contribution in [3.05, 3.63) is 23.8 Å². The fourth-order valence-electron chi connectivity index (χ4n) is 1.93. The third-order valence-corrected chi connectivity index (χ3v) is 2.90. The highest BCUT2D eigenvalue weighted by Gasteiger charge is 2.19. The Balaban J connectivity index is 0.00000200. The molecule has 1 aliphatic heterocycles. The Morgan fingerprint density at radius 3 is 2.85 bits per heavy atom. The Hall–Kier alpha value is -1.50. The van der Waals surface area contributed by atoms with Crippen LogP contribution in [0, 0.1) is 0 Å². The molecule has 7 heteroatoms. The lowest BCUT2D eigenvalue weighted by atomic mass is 10.2. The molecule has 2 rings (SSSR count). The fraction of sp³-hybridized carbons (Fsp3) is 0.462. The first-order chi connectivity index (χ1) is 9.11. The van der Waals surface area contributed by atoms with E-state index in [9.17, 15) is 4.79 Å². The molecular weight excluding hydrogens is 284 g/mol. The normalized spacial score (nSPS) is 13.6. The molecule has 0 bridgehead atoms. The van der Waals surface area contributed by atoms with Crippen molar-refractivity contribution >= 4 is 18.3 Å². The Labute approximate surface area is 124 Å². The predicted octanol–water partition coefficient (Wildman–Crippen LogP) is 0.769. The summed E-state index contributed by atoms with van der Waals surface area (Å²) in [6.07, 6.45) is 0. The van der Waals surface area contributed by atoms with E-state index in [1.165, 1.54) is 7.11 Å². The van der Waals surface area contributed by atoms with E-state index in [0.29, 0.717) is 12.3 Å². The summed E-state index contributed by atoms with van der Waals surface area (Å²) in [4.78, 5) is 13.5. The molecular formula is C13H19ClN2O4. The van der Waals surface area contributed by atoms with E-state index in [2.05, 4.69) is 0 Å². The van der Waals surface area contributed by atoms with Crippen molar-refractivity contribution in [3.63, 3.8) is 0 Å². The highest BCUT2D eigenvalue weighted by molar-refractivity contribution is 5.85. The van der Waals surface area contributed by atoms with Gasteiger partial charge in [-0.15, -0.1) is 12.4 Å². The highest BCUT2D eigenvalue weighted by Crippen LogP contribution is 2.32. The van der Waals surface area contributed by atoms with Gasteiger partial charge < -0.3 is 24.8 Å². The molecule has 2 N–H and O–H groups in total. The van der Waals surface area contributed by atoms with Gasteiger partial charge in [0.05, 0.1) is 6.61 Å². The molecule has 6 nitrogen and oxygen atoms in total. The second-order valence-corrected chi connectivity index (χ2v) is 4.44. The number of hydrogen-bond donors (Lipinski definition) is 1. The van der Waals surface area contributed by atoms with Crippen LogP contribution >= 0.6 is 12.4 Å². The molecule has 1 amide bonds. The minimum absolute atomic E-state index is 0. The summed E-state index contributed by atoms with van der Waals surface area (Å²) in [7, 11) is 3.23. The number of halogens is 1. The molecule has 1 unspecified atom stereocenters. The summed E-state index contributed by atoms with van der Waals surface area (Å²) in [6.45, 7) is 0.920. The number of likely N-dealkylation sites (N-methyl/N-ethyl adjacent to an activating group) is 1. The van der Waals surface area contributed by atoms with Gasteiger partial charge in [-0.2, -0.15) is 0 Å². The molecule has 20 heavy (non-hydrogen) atoms. The van der Waals surface area contributed by atoms with E-state index in [1.807, 2.05) is 18.2 Å². The van der Waals surface area contributed by atoms with Gasteiger partial charge in [-0.3, -0.25) is 4.79 Å². The fourth-order valence-corrected chi connectivity index (χ4v) is 1.93. The number of methoxy groups -OCH3 is 1. The number of hydrogen-bond acceptors (Lipinski definition) is 5. The van der Waals surface area contributed by atoms with Gasteiger partial charge in [-0.1, -0.05) is 6.07 Å². The topological polar surface area (TPSA) is 74.0 Å². The van der Waals surface area contributed by atoms with Crippen molar-refractivity contribution in [3.8, 4) is 11.5 Å². The molecule has 0 saturated carbocycles. The molecule has 0 radical (unpaired) electrons. The minimum atomic E-state index is -0.635. The number of carbonyl (C=O) groups excluding carboxylic acids is 1. The number of nitrogens with zero attached hydrogens (tertiary/aromatic N) is 1. The van der Waals surface area contributed by atoms with E-state index >= 15 is 0 Å². The van der Waals surface area contributed by atoms with Crippen LogP contribution in [0.25, 0.3) is 0 Å². The zero-order valence-electron chi connectivity index (χ0n) is 11.5. The average molecular weight is 303 g/mol. The number of nitrogens with two attached hydrogens (primary N) is 1. The van der Waals surface area contributed by atoms with Crippen LogP contribution in [0.15, 0.2) is 18.2 Å². The summed E-state index contributed by atoms with van der Waals surface area (Å²) in [6, 6.07) is 4.97. The van der Waals surface area contributed by atoms with E-state index in [0.717, 1.165) is 11.3 Å². The molecule has 1 atom stereocenters. The minimum Gasteiger partial charge on any atom is -0.454 e. The molecule has 0 aromatic heterocycles. The van der Waals surface area contributed by atoms with Crippen LogP contribution in [0.3, 0.4) is 0 Å². The van der Waals surface area contributed by atoms with Gasteiger partial charge in [0, 0.05) is 20.7 Å². The van der Waals surface area contributed by atoms with Gasteiger partial charge >= 0.3 is 0 Å². The quantitative estimate of drug-likeness (QED) is 0.869. The maximum Gasteiger partial charge on any atom is 0.241 e. The van der Waals surface area contributed by atoms with Gasteiger partial charge in [0.1, 0.15) is 6.04 Å². The Bertz CT molecular complexity index is 470. The Morgan fingerprint density at radius 1 is 1.45 bits per heavy atom. The smallest absolute Gasteiger partial charge is 0.241 e. The molecule has 1 aliphatic rings. The van der Waals surface area contributed by atoms with E-state index in [-0.39, 0.29) is 31.7 Å². The number of fused-ring (bicyclic) bond motifs is 1. The maximum atomic E-state index is 11.9. The first-order valence-electron chi connectivity index (χ1n) is 6.00. The van der Waals surface area contributed by atoms with Gasteiger partial charge in [0.2, 0.25) is 12.7 Å². The lowest BCUT2D eigenvalue weighted by Gasteiger charge is -2.21. The van der Waals surface area contributed by atoms with Crippen molar-refractivity contribution < 1.29 is 19.0 Å². The number of rotatable bonds is 5. The summed E-state index contributed by atoms with van der Waals surface area (Å²) in [5.41, 5.74) is 6.67. The van der Waals surface area contributed by atoms with Gasteiger partial charge in [0.15, 0.2) is 11.5 Å². The number of carbonyl (C=O) groups is 1. The Morgan fingerprint density at radius 2 is 2.15 bits per heavy atom. The molecule has 112 valence electrons. The van der Waals surface area contributed by atoms with Crippen molar-refractivity contribution in [2.24, 2.45) is 5.73 Å². The molecule has 0 saturated heterocycles. The molecule has 0 spiro atoms. The third kappa shape index (κ3) is 3.75. The van der Waals surface area contributed by atoms with Crippen LogP contribution in [0.1, 0.15) is 5.56 Å². The third-order valence-electron chi connectivity index (χ3n) is 2.90. The number of benzene rings is 1. The van der Waals surface area contributed by atoms with Gasteiger partial charge in [-0.25, -0.2) is 0 Å². The van der Waals surface area contributed by atoms with Crippen LogP contribution in [-0.2, 0) is 16.1 Å².